The quantitative estimate of drug-likeness (QED) is 0.828. The Labute approximate surface area is 142 Å². The number of nitrogens with one attached hydrogen (secondary N) is 1. The molecule has 1 fully saturated rings. The molecule has 1 saturated carbocycles. The van der Waals surface area contributed by atoms with Crippen LogP contribution in [-0.2, 0) is 24.4 Å². The van der Waals surface area contributed by atoms with E-state index in [0.29, 0.717) is 18.8 Å². The maximum Gasteiger partial charge on any atom is 0.283 e. The number of hydrogen-bond acceptors (Lipinski definition) is 3. The Bertz CT molecular complexity index is 738. The third-order valence-electron chi connectivity index (χ3n) is 3.99. The van der Waals surface area contributed by atoms with Gasteiger partial charge in [-0.3, -0.25) is 14.2 Å². The fraction of sp³-hybridized carbons (Fsp3) is 0.533. The normalized spacial score (nSPS) is 14.4. The largest absolute Gasteiger partial charge is 0.349 e. The molecule has 24 heavy (non-hydrogen) atoms. The topological polar surface area (TPSA) is 64.7 Å². The van der Waals surface area contributed by atoms with Gasteiger partial charge in [-0.05, 0) is 25.8 Å². The molecule has 1 amide bonds. The first kappa shape index (κ1) is 16.9. The molecule has 0 radical (unpaired) electrons. The first-order valence-electron chi connectivity index (χ1n) is 7.82. The zero-order chi connectivity index (χ0) is 17.3. The van der Waals surface area contributed by atoms with Crippen LogP contribution in [-0.4, -0.2) is 25.5 Å². The van der Waals surface area contributed by atoms with Crippen molar-refractivity contribution in [2.24, 2.45) is 0 Å². The minimum Gasteiger partial charge on any atom is -0.349 e. The van der Waals surface area contributed by atoms with Gasteiger partial charge in [-0.25, -0.2) is 8.78 Å². The lowest BCUT2D eigenvalue weighted by Gasteiger charge is -2.09. The Morgan fingerprint density at radius 3 is 2.83 bits per heavy atom. The van der Waals surface area contributed by atoms with Crippen LogP contribution in [0.2, 0.25) is 5.02 Å². The summed E-state index contributed by atoms with van der Waals surface area (Å²) >= 11 is 6.03. The maximum atomic E-state index is 13.0. The van der Waals surface area contributed by atoms with Crippen LogP contribution in [0, 0.1) is 0 Å². The van der Waals surface area contributed by atoms with E-state index < -0.39 is 12.1 Å². The van der Waals surface area contributed by atoms with E-state index in [1.807, 2.05) is 13.0 Å². The van der Waals surface area contributed by atoms with Crippen LogP contribution in [0.3, 0.4) is 0 Å². The molecule has 0 bridgehead atoms. The number of aromatic nitrogens is 4. The number of alkyl halides is 2. The van der Waals surface area contributed by atoms with Gasteiger partial charge in [0.1, 0.15) is 12.2 Å². The molecular formula is C15H18ClF2N5O. The molecule has 0 atom stereocenters. The summed E-state index contributed by atoms with van der Waals surface area (Å²) < 4.78 is 29.1. The lowest BCUT2D eigenvalue weighted by Crippen LogP contribution is -2.29. The average Bonchev–Trinajstić information content (AvgIpc) is 3.17. The van der Waals surface area contributed by atoms with Crippen LogP contribution in [0.5, 0.6) is 0 Å². The fourth-order valence-corrected chi connectivity index (χ4v) is 3.03. The molecule has 2 heterocycles. The molecule has 1 aliphatic rings. The summed E-state index contributed by atoms with van der Waals surface area (Å²) in [5.74, 6) is -0.187. The number of carbonyl (C=O) groups excluding carboxylic acids is 1. The highest BCUT2D eigenvalue weighted by Crippen LogP contribution is 2.45. The van der Waals surface area contributed by atoms with Gasteiger partial charge in [0, 0.05) is 18.7 Å². The van der Waals surface area contributed by atoms with Crippen LogP contribution in [0.4, 0.5) is 8.78 Å². The fourth-order valence-electron chi connectivity index (χ4n) is 2.66. The van der Waals surface area contributed by atoms with Crippen molar-refractivity contribution in [3.63, 3.8) is 0 Å². The zero-order valence-corrected chi connectivity index (χ0v) is 13.9. The number of carbonyl (C=O) groups is 1. The standard InChI is InChI=1S/C15H18ClF2N5O/c1-2-22-10(5-6-20-22)7-19-11(24)8-23-14(9-3-4-9)12(16)13(21-23)15(17)18/h5-6,9,15H,2-4,7-8H2,1H3,(H,19,24). The maximum absolute atomic E-state index is 13.0. The number of nitrogens with zero attached hydrogens (tertiary/aromatic N) is 4. The van der Waals surface area contributed by atoms with Crippen molar-refractivity contribution in [3.8, 4) is 0 Å². The molecule has 9 heteroatoms. The highest BCUT2D eigenvalue weighted by atomic mass is 35.5. The summed E-state index contributed by atoms with van der Waals surface area (Å²) in [6.45, 7) is 2.86. The number of aryl methyl sites for hydroxylation is 1. The van der Waals surface area contributed by atoms with Crippen LogP contribution in [0.15, 0.2) is 12.3 Å². The molecule has 2 aromatic heterocycles. The second-order valence-electron chi connectivity index (χ2n) is 5.73. The van der Waals surface area contributed by atoms with Crippen molar-refractivity contribution < 1.29 is 13.6 Å². The predicted octanol–water partition coefficient (Wildman–Crippen LogP) is 2.88. The summed E-state index contributed by atoms with van der Waals surface area (Å²) in [4.78, 5) is 12.2. The van der Waals surface area contributed by atoms with Gasteiger partial charge < -0.3 is 5.32 Å². The summed E-state index contributed by atoms with van der Waals surface area (Å²) in [6.07, 6.45) is 0.674. The molecule has 130 valence electrons. The van der Waals surface area contributed by atoms with Crippen LogP contribution < -0.4 is 5.32 Å². The van der Waals surface area contributed by atoms with E-state index in [0.717, 1.165) is 18.5 Å². The summed E-state index contributed by atoms with van der Waals surface area (Å²) in [5.41, 5.74) is 0.969. The van der Waals surface area contributed by atoms with Crippen LogP contribution >= 0.6 is 11.6 Å². The number of halogens is 3. The van der Waals surface area contributed by atoms with E-state index in [4.69, 9.17) is 11.6 Å². The summed E-state index contributed by atoms with van der Waals surface area (Å²) in [7, 11) is 0. The minimum atomic E-state index is -2.75. The Hall–Kier alpha value is -1.96. The van der Waals surface area contributed by atoms with E-state index in [1.165, 1.54) is 4.68 Å². The molecule has 1 aliphatic carbocycles. The highest BCUT2D eigenvalue weighted by molar-refractivity contribution is 6.32. The van der Waals surface area contributed by atoms with Crippen LogP contribution in [0.1, 0.15) is 49.2 Å². The van der Waals surface area contributed by atoms with Crippen molar-refractivity contribution in [2.75, 3.05) is 0 Å². The van der Waals surface area contributed by atoms with Crippen LogP contribution in [0.25, 0.3) is 0 Å². The van der Waals surface area contributed by atoms with Crippen molar-refractivity contribution in [2.45, 2.75) is 51.7 Å². The SMILES string of the molecule is CCn1nccc1CNC(=O)Cn1nc(C(F)F)c(Cl)c1C1CC1. The van der Waals surface area contributed by atoms with E-state index >= 15 is 0 Å². The molecule has 0 aliphatic heterocycles. The first-order chi connectivity index (χ1) is 11.5. The summed E-state index contributed by atoms with van der Waals surface area (Å²) in [6, 6.07) is 1.82. The Morgan fingerprint density at radius 2 is 2.21 bits per heavy atom. The van der Waals surface area contributed by atoms with Crippen molar-refractivity contribution in [1.29, 1.82) is 0 Å². The Balaban J connectivity index is 1.69. The number of amides is 1. The molecule has 3 rings (SSSR count). The van der Waals surface area contributed by atoms with Gasteiger partial charge in [-0.2, -0.15) is 10.2 Å². The molecule has 1 N–H and O–H groups in total. The molecular weight excluding hydrogens is 340 g/mol. The molecule has 0 unspecified atom stereocenters. The smallest absolute Gasteiger partial charge is 0.283 e. The number of rotatable bonds is 7. The van der Waals surface area contributed by atoms with Crippen molar-refractivity contribution in [1.82, 2.24) is 24.9 Å². The van der Waals surface area contributed by atoms with Crippen molar-refractivity contribution in [3.05, 3.63) is 34.4 Å². The molecule has 0 spiro atoms. The van der Waals surface area contributed by atoms with Gasteiger partial charge in [-0.15, -0.1) is 0 Å². The van der Waals surface area contributed by atoms with E-state index in [-0.39, 0.29) is 23.4 Å². The molecule has 6 nitrogen and oxygen atoms in total. The third kappa shape index (κ3) is 3.43. The lowest BCUT2D eigenvalue weighted by atomic mass is 10.2. The second kappa shape index (κ2) is 6.88. The Morgan fingerprint density at radius 1 is 1.46 bits per heavy atom. The molecule has 0 saturated heterocycles. The Kier molecular flexibility index (Phi) is 4.84. The number of hydrogen-bond donors (Lipinski definition) is 1. The van der Waals surface area contributed by atoms with E-state index in [9.17, 15) is 13.6 Å². The third-order valence-corrected chi connectivity index (χ3v) is 4.38. The van der Waals surface area contributed by atoms with Gasteiger partial charge in [0.25, 0.3) is 6.43 Å². The van der Waals surface area contributed by atoms with Gasteiger partial charge in [0.15, 0.2) is 0 Å². The van der Waals surface area contributed by atoms with Gasteiger partial charge in [0.2, 0.25) is 5.91 Å². The zero-order valence-electron chi connectivity index (χ0n) is 13.2. The van der Waals surface area contributed by atoms with E-state index in [2.05, 4.69) is 15.5 Å². The first-order valence-corrected chi connectivity index (χ1v) is 8.20. The predicted molar refractivity (Wildman–Crippen MR) is 83.9 cm³/mol. The van der Waals surface area contributed by atoms with Gasteiger partial charge in [0.05, 0.1) is 23.0 Å². The van der Waals surface area contributed by atoms with Gasteiger partial charge in [-0.1, -0.05) is 11.6 Å². The van der Waals surface area contributed by atoms with Crippen molar-refractivity contribution >= 4 is 17.5 Å². The average molecular weight is 358 g/mol. The minimum absolute atomic E-state index is 0.00985. The van der Waals surface area contributed by atoms with E-state index in [1.54, 1.807) is 10.9 Å². The molecule has 2 aromatic rings. The highest BCUT2D eigenvalue weighted by Gasteiger charge is 2.34. The second-order valence-corrected chi connectivity index (χ2v) is 6.11. The molecule has 0 aromatic carbocycles. The van der Waals surface area contributed by atoms with Gasteiger partial charge >= 0.3 is 0 Å². The summed E-state index contributed by atoms with van der Waals surface area (Å²) in [5, 5.41) is 10.7. The lowest BCUT2D eigenvalue weighted by molar-refractivity contribution is -0.122. The monoisotopic (exact) mass is 357 g/mol.